The zero-order valence-corrected chi connectivity index (χ0v) is 19.7. The van der Waals surface area contributed by atoms with Gasteiger partial charge < -0.3 is 14.4 Å². The molecule has 0 saturated heterocycles. The molecule has 3 rings (SSSR count). The summed E-state index contributed by atoms with van der Waals surface area (Å²) < 4.78 is 36.0. The van der Waals surface area contributed by atoms with Gasteiger partial charge in [-0.05, 0) is 68.1 Å². The minimum Gasteiger partial charge on any atom is -0.497 e. The third-order valence-corrected chi connectivity index (χ3v) is 7.27. The topological polar surface area (TPSA) is 55.8 Å². The van der Waals surface area contributed by atoms with E-state index in [-0.39, 0.29) is 11.5 Å². The van der Waals surface area contributed by atoms with Crippen molar-refractivity contribution in [1.82, 2.24) is 0 Å². The minimum atomic E-state index is -3.32. The maximum atomic E-state index is 12.2. The molecule has 6 heteroatoms. The molecule has 30 heavy (non-hydrogen) atoms. The Hall–Kier alpha value is -2.21. The molecule has 0 N–H and O–H groups in total. The van der Waals surface area contributed by atoms with Crippen molar-refractivity contribution in [1.29, 1.82) is 0 Å². The van der Waals surface area contributed by atoms with Crippen LogP contribution in [-0.2, 0) is 21.8 Å². The number of sulfone groups is 1. The molecule has 0 saturated carbocycles. The summed E-state index contributed by atoms with van der Waals surface area (Å²) in [5, 5.41) is 0. The number of benzene rings is 2. The summed E-state index contributed by atoms with van der Waals surface area (Å²) in [6, 6.07) is 11.5. The van der Waals surface area contributed by atoms with Crippen LogP contribution in [0.5, 0.6) is 11.5 Å². The molecule has 1 aliphatic rings. The smallest absolute Gasteiger partial charge is 0.175 e. The summed E-state index contributed by atoms with van der Waals surface area (Å²) in [5.74, 6) is 1.59. The first-order valence-corrected chi connectivity index (χ1v) is 12.5. The van der Waals surface area contributed by atoms with E-state index in [4.69, 9.17) is 9.47 Å². The van der Waals surface area contributed by atoms with Crippen molar-refractivity contribution >= 4 is 15.5 Å². The Bertz CT molecular complexity index is 1010. The fourth-order valence-electron chi connectivity index (χ4n) is 4.38. The van der Waals surface area contributed by atoms with E-state index in [2.05, 4.69) is 30.9 Å². The Morgan fingerprint density at radius 3 is 2.37 bits per heavy atom. The number of fused-ring (bicyclic) bond motifs is 1. The Kier molecular flexibility index (Phi) is 6.37. The second-order valence-corrected chi connectivity index (χ2v) is 10.5. The molecule has 0 amide bonds. The van der Waals surface area contributed by atoms with Gasteiger partial charge in [-0.15, -0.1) is 0 Å². The first-order valence-electron chi connectivity index (χ1n) is 10.6. The lowest BCUT2D eigenvalue weighted by Gasteiger charge is -2.45. The number of hydrogen-bond acceptors (Lipinski definition) is 5. The molecule has 0 aromatic heterocycles. The van der Waals surface area contributed by atoms with Crippen LogP contribution in [-0.4, -0.2) is 34.4 Å². The normalized spacial score (nSPS) is 15.8. The van der Waals surface area contributed by atoms with E-state index in [1.807, 2.05) is 19.9 Å². The van der Waals surface area contributed by atoms with E-state index < -0.39 is 9.84 Å². The zero-order chi connectivity index (χ0) is 22.1. The van der Waals surface area contributed by atoms with Crippen LogP contribution in [0.15, 0.2) is 41.3 Å². The summed E-state index contributed by atoms with van der Waals surface area (Å²) >= 11 is 0. The monoisotopic (exact) mass is 431 g/mol. The summed E-state index contributed by atoms with van der Waals surface area (Å²) in [5.41, 5.74) is 3.36. The lowest BCUT2D eigenvalue weighted by molar-refractivity contribution is 0.242. The van der Waals surface area contributed by atoms with E-state index in [9.17, 15) is 8.42 Å². The van der Waals surface area contributed by atoms with Crippen LogP contribution in [0.1, 0.15) is 51.7 Å². The number of rotatable bonds is 7. The lowest BCUT2D eigenvalue weighted by atomic mass is 9.71. The van der Waals surface area contributed by atoms with Crippen LogP contribution in [0, 0.1) is 0 Å². The summed E-state index contributed by atoms with van der Waals surface area (Å²) in [6.45, 7) is 9.89. The van der Waals surface area contributed by atoms with Gasteiger partial charge in [0.1, 0.15) is 11.5 Å². The van der Waals surface area contributed by atoms with Crippen molar-refractivity contribution in [2.45, 2.75) is 63.5 Å². The lowest BCUT2D eigenvalue weighted by Crippen LogP contribution is -2.45. The predicted octanol–water partition coefficient (Wildman–Crippen LogP) is 4.96. The molecule has 0 bridgehead atoms. The van der Waals surface area contributed by atoms with Crippen LogP contribution >= 0.6 is 0 Å². The van der Waals surface area contributed by atoms with Crippen molar-refractivity contribution in [3.05, 3.63) is 47.5 Å². The van der Waals surface area contributed by atoms with Crippen LogP contribution in [0.4, 0.5) is 5.69 Å². The quantitative estimate of drug-likeness (QED) is 0.620. The maximum Gasteiger partial charge on any atom is 0.175 e. The van der Waals surface area contributed by atoms with Crippen molar-refractivity contribution in [2.75, 3.05) is 24.8 Å². The molecule has 0 aliphatic carbocycles. The van der Waals surface area contributed by atoms with Crippen molar-refractivity contribution in [3.8, 4) is 11.5 Å². The maximum absolute atomic E-state index is 12.2. The van der Waals surface area contributed by atoms with Gasteiger partial charge in [0.25, 0.3) is 0 Å². The fourth-order valence-corrected chi connectivity index (χ4v) is 5.02. The Balaban J connectivity index is 2.15. The number of methoxy groups -OCH3 is 1. The summed E-state index contributed by atoms with van der Waals surface area (Å²) in [6.07, 6.45) is 3.20. The molecule has 5 nitrogen and oxygen atoms in total. The molecule has 0 atom stereocenters. The molecular weight excluding hydrogens is 398 g/mol. The molecule has 0 spiro atoms. The standard InChI is InChI=1S/C24H33NO4S/c1-7-24(8-2)16-25(15-18-9-10-19(28-5)13-21(18)24)22-14-20(30(6,26)27)11-12-23(22)29-17(3)4/h9-14,17H,7-8,15-16H2,1-6H3. The van der Waals surface area contributed by atoms with E-state index in [0.717, 1.165) is 36.6 Å². The molecule has 2 aromatic rings. The van der Waals surface area contributed by atoms with Crippen molar-refractivity contribution in [3.63, 3.8) is 0 Å². The molecular formula is C24H33NO4S. The summed E-state index contributed by atoms with van der Waals surface area (Å²) in [4.78, 5) is 2.58. The van der Waals surface area contributed by atoms with Gasteiger partial charge in [-0.2, -0.15) is 0 Å². The number of hydrogen-bond donors (Lipinski definition) is 0. The molecule has 1 aliphatic heterocycles. The highest BCUT2D eigenvalue weighted by Crippen LogP contribution is 2.44. The third-order valence-electron chi connectivity index (χ3n) is 6.16. The highest BCUT2D eigenvalue weighted by molar-refractivity contribution is 7.90. The third kappa shape index (κ3) is 4.29. The van der Waals surface area contributed by atoms with Crippen LogP contribution in [0.3, 0.4) is 0 Å². The number of nitrogens with zero attached hydrogens (tertiary/aromatic N) is 1. The Morgan fingerprint density at radius 1 is 1.10 bits per heavy atom. The second-order valence-electron chi connectivity index (χ2n) is 8.43. The van der Waals surface area contributed by atoms with Gasteiger partial charge >= 0.3 is 0 Å². The van der Waals surface area contributed by atoms with Crippen LogP contribution < -0.4 is 14.4 Å². The van der Waals surface area contributed by atoms with Gasteiger partial charge in [0.15, 0.2) is 9.84 Å². The molecule has 0 radical (unpaired) electrons. The van der Waals surface area contributed by atoms with Gasteiger partial charge in [-0.25, -0.2) is 8.42 Å². The SMILES string of the molecule is CCC1(CC)CN(c2cc(S(C)(=O)=O)ccc2OC(C)C)Cc2ccc(OC)cc21. The van der Waals surface area contributed by atoms with E-state index in [1.165, 1.54) is 17.4 Å². The molecule has 0 fully saturated rings. The van der Waals surface area contributed by atoms with Crippen LogP contribution in [0.2, 0.25) is 0 Å². The van der Waals surface area contributed by atoms with Crippen molar-refractivity contribution < 1.29 is 17.9 Å². The van der Waals surface area contributed by atoms with E-state index in [1.54, 1.807) is 25.3 Å². The summed E-state index contributed by atoms with van der Waals surface area (Å²) in [7, 11) is -1.62. The van der Waals surface area contributed by atoms with Gasteiger partial charge in [-0.3, -0.25) is 0 Å². The number of anilines is 1. The van der Waals surface area contributed by atoms with E-state index in [0.29, 0.717) is 11.4 Å². The molecule has 2 aromatic carbocycles. The van der Waals surface area contributed by atoms with E-state index >= 15 is 0 Å². The van der Waals surface area contributed by atoms with Crippen molar-refractivity contribution in [2.24, 2.45) is 0 Å². The minimum absolute atomic E-state index is 0.00345. The molecule has 164 valence electrons. The fraction of sp³-hybridized carbons (Fsp3) is 0.500. The van der Waals surface area contributed by atoms with Gasteiger partial charge in [-0.1, -0.05) is 19.9 Å². The average molecular weight is 432 g/mol. The zero-order valence-electron chi connectivity index (χ0n) is 18.9. The molecule has 1 heterocycles. The van der Waals surface area contributed by atoms with Gasteiger partial charge in [0.2, 0.25) is 0 Å². The van der Waals surface area contributed by atoms with Gasteiger partial charge in [0, 0.05) is 24.8 Å². The Labute approximate surface area is 180 Å². The average Bonchev–Trinajstić information content (AvgIpc) is 2.71. The first kappa shape index (κ1) is 22.5. The molecule has 0 unspecified atom stereocenters. The first-order chi connectivity index (χ1) is 14.1. The second kappa shape index (κ2) is 8.50. The van der Waals surface area contributed by atoms with Crippen LogP contribution in [0.25, 0.3) is 0 Å². The Morgan fingerprint density at radius 2 is 1.80 bits per heavy atom. The number of ether oxygens (including phenoxy) is 2. The highest BCUT2D eigenvalue weighted by Gasteiger charge is 2.38. The largest absolute Gasteiger partial charge is 0.497 e. The highest BCUT2D eigenvalue weighted by atomic mass is 32.2. The van der Waals surface area contributed by atoms with Gasteiger partial charge in [0.05, 0.1) is 23.8 Å². The predicted molar refractivity (Wildman–Crippen MR) is 122 cm³/mol.